The molecule has 0 saturated carbocycles. The molecule has 0 spiro atoms. The van der Waals surface area contributed by atoms with Gasteiger partial charge in [-0.05, 0) is 36.7 Å². The zero-order valence-electron chi connectivity index (χ0n) is 11.2. The molecule has 2 N–H and O–H groups in total. The second-order valence-electron chi connectivity index (χ2n) is 4.85. The van der Waals surface area contributed by atoms with Gasteiger partial charge in [0, 0.05) is 19.3 Å². The summed E-state index contributed by atoms with van der Waals surface area (Å²) in [6.45, 7) is 1.41. The number of carbonyl (C=O) groups is 2. The van der Waals surface area contributed by atoms with Crippen LogP contribution in [-0.2, 0) is 4.79 Å². The predicted molar refractivity (Wildman–Crippen MR) is 78.6 cm³/mol. The number of amides is 2. The van der Waals surface area contributed by atoms with Crippen molar-refractivity contribution in [1.82, 2.24) is 15.3 Å². The molecule has 110 valence electrons. The number of carbonyl (C=O) groups excluding carboxylic acids is 2. The first-order valence-corrected chi connectivity index (χ1v) is 7.44. The van der Waals surface area contributed by atoms with Gasteiger partial charge in [0.2, 0.25) is 5.95 Å². The summed E-state index contributed by atoms with van der Waals surface area (Å²) in [5.74, 6) is 0.178. The van der Waals surface area contributed by atoms with Crippen LogP contribution in [0.4, 0.5) is 10.7 Å². The van der Waals surface area contributed by atoms with Gasteiger partial charge in [-0.2, -0.15) is 0 Å². The molecule has 2 amide bonds. The molecule has 2 aliphatic rings. The Morgan fingerprint density at radius 2 is 2.14 bits per heavy atom. The van der Waals surface area contributed by atoms with E-state index in [0.29, 0.717) is 42.5 Å². The molecule has 0 atom stereocenters. The third-order valence-corrected chi connectivity index (χ3v) is 4.14. The number of aliphatic hydroxyl groups is 1. The second-order valence-corrected chi connectivity index (χ2v) is 5.87. The van der Waals surface area contributed by atoms with Crippen LogP contribution in [0.25, 0.3) is 6.08 Å². The topological polar surface area (TPSA) is 95.4 Å². The van der Waals surface area contributed by atoms with Crippen LogP contribution < -0.4 is 10.2 Å². The number of thioether (sulfide) groups is 1. The summed E-state index contributed by atoms with van der Waals surface area (Å²) in [6.07, 6.45) is 4.34. The zero-order chi connectivity index (χ0) is 14.8. The molecule has 1 aromatic heterocycles. The van der Waals surface area contributed by atoms with Gasteiger partial charge in [0.1, 0.15) is 0 Å². The summed E-state index contributed by atoms with van der Waals surface area (Å²) in [7, 11) is 0. The Balaban J connectivity index is 1.79. The lowest BCUT2D eigenvalue weighted by molar-refractivity contribution is -0.115. The van der Waals surface area contributed by atoms with Crippen molar-refractivity contribution < 1.29 is 14.7 Å². The van der Waals surface area contributed by atoms with Crippen molar-refractivity contribution in [3.8, 4) is 0 Å². The Morgan fingerprint density at radius 1 is 1.38 bits per heavy atom. The van der Waals surface area contributed by atoms with Crippen LogP contribution in [0.5, 0.6) is 0 Å². The van der Waals surface area contributed by atoms with Gasteiger partial charge >= 0.3 is 0 Å². The van der Waals surface area contributed by atoms with Crippen LogP contribution in [0.15, 0.2) is 17.2 Å². The number of aromatic nitrogens is 2. The zero-order valence-corrected chi connectivity index (χ0v) is 12.0. The van der Waals surface area contributed by atoms with Crippen molar-refractivity contribution in [3.05, 3.63) is 22.9 Å². The molecule has 8 heteroatoms. The maximum Gasteiger partial charge on any atom is 0.290 e. The summed E-state index contributed by atoms with van der Waals surface area (Å²) in [5, 5.41) is 11.4. The van der Waals surface area contributed by atoms with E-state index in [9.17, 15) is 14.7 Å². The molecule has 0 unspecified atom stereocenters. The minimum absolute atomic E-state index is 0.254. The minimum Gasteiger partial charge on any atom is -0.393 e. The molecule has 2 fully saturated rings. The summed E-state index contributed by atoms with van der Waals surface area (Å²) < 4.78 is 0. The molecule has 1 aromatic rings. The van der Waals surface area contributed by atoms with Crippen molar-refractivity contribution in [2.75, 3.05) is 18.0 Å². The van der Waals surface area contributed by atoms with Gasteiger partial charge in [0.25, 0.3) is 11.1 Å². The van der Waals surface area contributed by atoms with Crippen LogP contribution >= 0.6 is 11.8 Å². The SMILES string of the molecule is O=C1NC(=O)/C(=C/c2ccnc(N3CCC(O)CC3)n2)S1. The third-order valence-electron chi connectivity index (χ3n) is 3.33. The average molecular weight is 306 g/mol. The van der Waals surface area contributed by atoms with Crippen LogP contribution in [0.1, 0.15) is 18.5 Å². The van der Waals surface area contributed by atoms with Crippen molar-refractivity contribution in [3.63, 3.8) is 0 Å². The van der Waals surface area contributed by atoms with Crippen LogP contribution in [0.2, 0.25) is 0 Å². The number of hydrogen-bond donors (Lipinski definition) is 2. The monoisotopic (exact) mass is 306 g/mol. The molecule has 3 heterocycles. The molecule has 21 heavy (non-hydrogen) atoms. The van der Waals surface area contributed by atoms with E-state index in [4.69, 9.17) is 0 Å². The van der Waals surface area contributed by atoms with Gasteiger partial charge < -0.3 is 10.0 Å². The first kappa shape index (κ1) is 14.0. The van der Waals surface area contributed by atoms with Gasteiger partial charge in [-0.15, -0.1) is 0 Å². The Bertz CT molecular complexity index is 611. The predicted octanol–water partition coefficient (Wildman–Crippen LogP) is 0.762. The van der Waals surface area contributed by atoms with E-state index in [2.05, 4.69) is 15.3 Å². The number of hydrogen-bond acceptors (Lipinski definition) is 7. The highest BCUT2D eigenvalue weighted by Gasteiger charge is 2.25. The highest BCUT2D eigenvalue weighted by molar-refractivity contribution is 8.18. The maximum absolute atomic E-state index is 11.5. The molecule has 3 rings (SSSR count). The van der Waals surface area contributed by atoms with E-state index in [-0.39, 0.29) is 11.3 Å². The Morgan fingerprint density at radius 3 is 2.81 bits per heavy atom. The van der Waals surface area contributed by atoms with Crippen molar-refractivity contribution in [1.29, 1.82) is 0 Å². The largest absolute Gasteiger partial charge is 0.393 e. The maximum atomic E-state index is 11.5. The molecular weight excluding hydrogens is 292 g/mol. The smallest absolute Gasteiger partial charge is 0.290 e. The van der Waals surface area contributed by atoms with Gasteiger partial charge in [-0.3, -0.25) is 14.9 Å². The van der Waals surface area contributed by atoms with Gasteiger partial charge in [0.15, 0.2) is 0 Å². The van der Waals surface area contributed by atoms with Crippen molar-refractivity contribution >= 4 is 34.9 Å². The fourth-order valence-electron chi connectivity index (χ4n) is 2.22. The van der Waals surface area contributed by atoms with E-state index in [1.165, 1.54) is 0 Å². The van der Waals surface area contributed by atoms with Gasteiger partial charge in [-0.25, -0.2) is 9.97 Å². The second kappa shape index (κ2) is 5.82. The molecule has 0 aliphatic carbocycles. The van der Waals surface area contributed by atoms with E-state index in [0.717, 1.165) is 11.8 Å². The normalized spacial score (nSPS) is 22.0. The van der Waals surface area contributed by atoms with Gasteiger partial charge in [0.05, 0.1) is 16.7 Å². The highest BCUT2D eigenvalue weighted by Crippen LogP contribution is 2.25. The summed E-state index contributed by atoms with van der Waals surface area (Å²) in [4.78, 5) is 33.6. The van der Waals surface area contributed by atoms with Gasteiger partial charge in [-0.1, -0.05) is 0 Å². The van der Waals surface area contributed by atoms with E-state index in [1.54, 1.807) is 18.3 Å². The lowest BCUT2D eigenvalue weighted by Crippen LogP contribution is -2.36. The average Bonchev–Trinajstić information content (AvgIpc) is 2.78. The number of aliphatic hydroxyl groups excluding tert-OH is 1. The lowest BCUT2D eigenvalue weighted by atomic mass is 10.1. The Labute approximate surface area is 125 Å². The number of anilines is 1. The summed E-state index contributed by atoms with van der Waals surface area (Å²) >= 11 is 0.865. The molecule has 2 aliphatic heterocycles. The summed E-state index contributed by atoms with van der Waals surface area (Å²) in [6, 6.07) is 1.69. The highest BCUT2D eigenvalue weighted by atomic mass is 32.2. The van der Waals surface area contributed by atoms with E-state index in [1.807, 2.05) is 4.90 Å². The summed E-state index contributed by atoms with van der Waals surface area (Å²) in [5.41, 5.74) is 0.582. The van der Waals surface area contributed by atoms with E-state index < -0.39 is 5.91 Å². The molecule has 0 bridgehead atoms. The number of piperidine rings is 1. The van der Waals surface area contributed by atoms with Crippen LogP contribution in [-0.4, -0.2) is 45.4 Å². The Kier molecular flexibility index (Phi) is 3.89. The van der Waals surface area contributed by atoms with Crippen molar-refractivity contribution in [2.45, 2.75) is 18.9 Å². The van der Waals surface area contributed by atoms with E-state index >= 15 is 0 Å². The molecule has 0 aromatic carbocycles. The molecule has 0 radical (unpaired) electrons. The molecule has 2 saturated heterocycles. The fraction of sp³-hybridized carbons (Fsp3) is 0.385. The number of rotatable bonds is 2. The number of nitrogens with zero attached hydrogens (tertiary/aromatic N) is 3. The first-order chi connectivity index (χ1) is 10.1. The quantitative estimate of drug-likeness (QED) is 0.779. The minimum atomic E-state index is -0.397. The van der Waals surface area contributed by atoms with Crippen LogP contribution in [0.3, 0.4) is 0 Å². The number of nitrogens with one attached hydrogen (secondary N) is 1. The molecular formula is C13H14N4O3S. The Hall–Kier alpha value is -1.93. The number of imide groups is 1. The standard InChI is InChI=1S/C13H14N4O3S/c18-9-2-5-17(6-3-9)12-14-4-1-8(15-12)7-10-11(19)16-13(20)21-10/h1,4,7,9,18H,2-3,5-6H2,(H,16,19,20)/b10-7-. The lowest BCUT2D eigenvalue weighted by Gasteiger charge is -2.29. The first-order valence-electron chi connectivity index (χ1n) is 6.63. The van der Waals surface area contributed by atoms with Crippen molar-refractivity contribution in [2.24, 2.45) is 0 Å². The third kappa shape index (κ3) is 3.22. The fourth-order valence-corrected chi connectivity index (χ4v) is 2.88. The van der Waals surface area contributed by atoms with Crippen LogP contribution in [0, 0.1) is 0 Å². The molecule has 7 nitrogen and oxygen atoms in total.